The van der Waals surface area contributed by atoms with Crippen LogP contribution in [0.4, 0.5) is 0 Å². The van der Waals surface area contributed by atoms with Gasteiger partial charge in [0.15, 0.2) is 0 Å². The van der Waals surface area contributed by atoms with Crippen molar-refractivity contribution in [2.45, 2.75) is 44.9 Å². The van der Waals surface area contributed by atoms with E-state index in [2.05, 4.69) is 29.2 Å². The molecule has 0 unspecified atom stereocenters. The number of nitrogens with zero attached hydrogens (tertiary/aromatic N) is 1. The highest BCUT2D eigenvalue weighted by Gasteiger charge is 2.21. The first-order valence-electron chi connectivity index (χ1n) is 8.90. The molecule has 3 heterocycles. The average Bonchev–Trinajstić information content (AvgIpc) is 3.10. The second-order valence-electron chi connectivity index (χ2n) is 6.75. The third-order valence-corrected chi connectivity index (χ3v) is 5.06. The topological polar surface area (TPSA) is 34.8 Å². The minimum atomic E-state index is 0.155. The number of ether oxygens (including phenoxy) is 2. The van der Waals surface area contributed by atoms with Crippen molar-refractivity contribution >= 4 is 0 Å². The number of rotatable bonds is 4. The maximum absolute atomic E-state index is 6.06. The lowest BCUT2D eigenvalue weighted by atomic mass is 9.99. The Morgan fingerprint density at radius 3 is 2.96 bits per heavy atom. The van der Waals surface area contributed by atoms with Crippen LogP contribution in [0.5, 0.6) is 5.75 Å². The number of hydrogen-bond acceptors (Lipinski definition) is 4. The summed E-state index contributed by atoms with van der Waals surface area (Å²) in [6.45, 7) is 3.73. The molecule has 0 N–H and O–H groups in total. The number of methoxy groups -OCH3 is 1. The molecular weight excluding hydrogens is 302 g/mol. The van der Waals surface area contributed by atoms with Crippen LogP contribution in [0.2, 0.25) is 0 Å². The zero-order chi connectivity index (χ0) is 16.4. The predicted molar refractivity (Wildman–Crippen MR) is 92.1 cm³/mol. The molecule has 1 aromatic carbocycles. The van der Waals surface area contributed by atoms with Crippen molar-refractivity contribution in [3.8, 4) is 5.75 Å². The first kappa shape index (κ1) is 15.7. The van der Waals surface area contributed by atoms with Gasteiger partial charge in [-0.3, -0.25) is 4.90 Å². The number of furan rings is 1. The molecule has 1 atom stereocenters. The fourth-order valence-electron chi connectivity index (χ4n) is 3.69. The molecule has 1 aromatic heterocycles. The average molecular weight is 327 g/mol. The van der Waals surface area contributed by atoms with Crippen molar-refractivity contribution in [3.63, 3.8) is 0 Å². The summed E-state index contributed by atoms with van der Waals surface area (Å²) in [4.78, 5) is 2.44. The van der Waals surface area contributed by atoms with Crippen molar-refractivity contribution in [2.24, 2.45) is 0 Å². The molecular formula is C20H25NO3. The molecule has 0 amide bonds. The molecule has 0 radical (unpaired) electrons. The van der Waals surface area contributed by atoms with Gasteiger partial charge in [-0.15, -0.1) is 0 Å². The summed E-state index contributed by atoms with van der Waals surface area (Å²) in [6.07, 6.45) is 4.69. The van der Waals surface area contributed by atoms with Gasteiger partial charge in [-0.05, 0) is 61.1 Å². The molecule has 4 heteroatoms. The van der Waals surface area contributed by atoms with Gasteiger partial charge in [-0.1, -0.05) is 6.07 Å². The zero-order valence-corrected chi connectivity index (χ0v) is 14.3. The SMILES string of the molecule is COc1ccc2c(c1)CCN(Cc1ccc([C@@H]3CCCCO3)o1)C2. The minimum absolute atomic E-state index is 0.155. The first-order valence-corrected chi connectivity index (χ1v) is 8.90. The molecule has 2 aromatic rings. The largest absolute Gasteiger partial charge is 0.497 e. The molecule has 4 nitrogen and oxygen atoms in total. The van der Waals surface area contributed by atoms with E-state index in [1.54, 1.807) is 7.11 Å². The molecule has 4 rings (SSSR count). The van der Waals surface area contributed by atoms with E-state index in [0.29, 0.717) is 0 Å². The molecule has 1 fully saturated rings. The van der Waals surface area contributed by atoms with E-state index >= 15 is 0 Å². The van der Waals surface area contributed by atoms with E-state index in [-0.39, 0.29) is 6.10 Å². The summed E-state index contributed by atoms with van der Waals surface area (Å²) in [6, 6.07) is 10.6. The maximum Gasteiger partial charge on any atom is 0.133 e. The fraction of sp³-hybridized carbons (Fsp3) is 0.500. The van der Waals surface area contributed by atoms with Gasteiger partial charge in [0.2, 0.25) is 0 Å². The third-order valence-electron chi connectivity index (χ3n) is 5.06. The van der Waals surface area contributed by atoms with Crippen LogP contribution >= 0.6 is 0 Å². The van der Waals surface area contributed by atoms with Gasteiger partial charge in [0.25, 0.3) is 0 Å². The number of hydrogen-bond donors (Lipinski definition) is 0. The van der Waals surface area contributed by atoms with Crippen molar-refractivity contribution < 1.29 is 13.9 Å². The Morgan fingerprint density at radius 1 is 1.17 bits per heavy atom. The van der Waals surface area contributed by atoms with E-state index in [9.17, 15) is 0 Å². The molecule has 24 heavy (non-hydrogen) atoms. The highest BCUT2D eigenvalue weighted by atomic mass is 16.5. The van der Waals surface area contributed by atoms with Gasteiger partial charge in [-0.25, -0.2) is 0 Å². The summed E-state index contributed by atoms with van der Waals surface area (Å²) in [5.74, 6) is 2.98. The van der Waals surface area contributed by atoms with E-state index < -0.39 is 0 Å². The van der Waals surface area contributed by atoms with E-state index in [0.717, 1.165) is 56.4 Å². The molecule has 1 saturated heterocycles. The first-order chi connectivity index (χ1) is 11.8. The molecule has 2 aliphatic rings. The number of benzene rings is 1. The van der Waals surface area contributed by atoms with E-state index in [4.69, 9.17) is 13.9 Å². The third kappa shape index (κ3) is 3.35. The monoisotopic (exact) mass is 327 g/mol. The Hall–Kier alpha value is -1.78. The second kappa shape index (κ2) is 6.99. The lowest BCUT2D eigenvalue weighted by Crippen LogP contribution is -2.29. The Bertz CT molecular complexity index is 688. The van der Waals surface area contributed by atoms with Gasteiger partial charge in [0.1, 0.15) is 23.4 Å². The predicted octanol–water partition coefficient (Wildman–Crippen LogP) is 4.09. The van der Waals surface area contributed by atoms with Crippen LogP contribution in [0.3, 0.4) is 0 Å². The Labute approximate surface area is 143 Å². The van der Waals surface area contributed by atoms with E-state index in [1.807, 2.05) is 6.07 Å². The highest BCUT2D eigenvalue weighted by Crippen LogP contribution is 2.30. The van der Waals surface area contributed by atoms with Gasteiger partial charge in [-0.2, -0.15) is 0 Å². The van der Waals surface area contributed by atoms with Crippen molar-refractivity contribution in [3.05, 3.63) is 53.0 Å². The standard InChI is InChI=1S/C20H25NO3/c1-22-17-6-5-16-13-21(10-9-15(16)12-17)14-18-7-8-20(24-18)19-4-2-3-11-23-19/h5-8,12,19H,2-4,9-11,13-14H2,1H3/t19-/m0/s1. The molecule has 2 aliphatic heterocycles. The lowest BCUT2D eigenvalue weighted by Gasteiger charge is -2.28. The van der Waals surface area contributed by atoms with Gasteiger partial charge in [0, 0.05) is 19.7 Å². The Balaban J connectivity index is 1.40. The smallest absolute Gasteiger partial charge is 0.133 e. The van der Waals surface area contributed by atoms with Crippen LogP contribution in [-0.4, -0.2) is 25.2 Å². The molecule has 128 valence electrons. The quantitative estimate of drug-likeness (QED) is 0.847. The van der Waals surface area contributed by atoms with Crippen LogP contribution in [0, 0.1) is 0 Å². The van der Waals surface area contributed by atoms with Gasteiger partial charge in [0.05, 0.1) is 13.7 Å². The highest BCUT2D eigenvalue weighted by molar-refractivity contribution is 5.37. The Kier molecular flexibility index (Phi) is 4.58. The van der Waals surface area contributed by atoms with Crippen molar-refractivity contribution in [1.29, 1.82) is 0 Å². The summed E-state index contributed by atoms with van der Waals surface area (Å²) in [5.41, 5.74) is 2.80. The summed E-state index contributed by atoms with van der Waals surface area (Å²) >= 11 is 0. The Morgan fingerprint density at radius 2 is 2.12 bits per heavy atom. The van der Waals surface area contributed by atoms with Gasteiger partial charge >= 0.3 is 0 Å². The molecule has 0 spiro atoms. The van der Waals surface area contributed by atoms with Crippen molar-refractivity contribution in [2.75, 3.05) is 20.3 Å². The molecule has 0 bridgehead atoms. The van der Waals surface area contributed by atoms with Crippen LogP contribution in [0.1, 0.15) is 48.0 Å². The number of fused-ring (bicyclic) bond motifs is 1. The molecule has 0 saturated carbocycles. The fourth-order valence-corrected chi connectivity index (χ4v) is 3.69. The summed E-state index contributed by atoms with van der Waals surface area (Å²) in [7, 11) is 1.72. The zero-order valence-electron chi connectivity index (χ0n) is 14.3. The van der Waals surface area contributed by atoms with Gasteiger partial charge < -0.3 is 13.9 Å². The minimum Gasteiger partial charge on any atom is -0.497 e. The normalized spacial score (nSPS) is 21.5. The van der Waals surface area contributed by atoms with Crippen molar-refractivity contribution in [1.82, 2.24) is 4.90 Å². The lowest BCUT2D eigenvalue weighted by molar-refractivity contribution is 0.000800. The van der Waals surface area contributed by atoms with E-state index in [1.165, 1.54) is 24.0 Å². The molecule has 0 aliphatic carbocycles. The van der Waals surface area contributed by atoms with Crippen LogP contribution in [0.15, 0.2) is 34.7 Å². The summed E-state index contributed by atoms with van der Waals surface area (Å²) in [5, 5.41) is 0. The maximum atomic E-state index is 6.06. The summed E-state index contributed by atoms with van der Waals surface area (Å²) < 4.78 is 17.2. The van der Waals surface area contributed by atoms with Crippen LogP contribution < -0.4 is 4.74 Å². The second-order valence-corrected chi connectivity index (χ2v) is 6.75. The van der Waals surface area contributed by atoms with Crippen LogP contribution in [-0.2, 0) is 24.2 Å². The van der Waals surface area contributed by atoms with Crippen LogP contribution in [0.25, 0.3) is 0 Å².